The molecule has 1 unspecified atom stereocenters. The van der Waals surface area contributed by atoms with Gasteiger partial charge in [-0.2, -0.15) is 0 Å². The highest BCUT2D eigenvalue weighted by Crippen LogP contribution is 2.31. The Kier molecular flexibility index (Phi) is 18.9. The zero-order valence-electron chi connectivity index (χ0n) is 38.4. The highest BCUT2D eigenvalue weighted by molar-refractivity contribution is 5.97. The molecule has 63 heavy (non-hydrogen) atoms. The monoisotopic (exact) mass is 878 g/mol. The first-order valence-corrected chi connectivity index (χ1v) is 23.0. The summed E-state index contributed by atoms with van der Waals surface area (Å²) in [4.78, 5) is 72.3. The van der Waals surface area contributed by atoms with E-state index in [9.17, 15) is 24.0 Å². The van der Waals surface area contributed by atoms with E-state index in [1.54, 1.807) is 57.9 Å². The molecule has 2 aromatic rings. The summed E-state index contributed by atoms with van der Waals surface area (Å²) in [5.41, 5.74) is 1.35. The summed E-state index contributed by atoms with van der Waals surface area (Å²) in [6.45, 7) is 13.2. The molecule has 2 N–H and O–H groups in total. The lowest BCUT2D eigenvalue weighted by Crippen LogP contribution is -2.52. The van der Waals surface area contributed by atoms with Crippen LogP contribution in [0.25, 0.3) is 0 Å². The van der Waals surface area contributed by atoms with Crippen LogP contribution in [0.15, 0.2) is 42.5 Å². The van der Waals surface area contributed by atoms with Crippen molar-refractivity contribution < 1.29 is 47.7 Å². The molecule has 0 bridgehead atoms. The maximum absolute atomic E-state index is 14.0. The molecule has 348 valence electrons. The van der Waals surface area contributed by atoms with E-state index >= 15 is 0 Å². The molecule has 5 rings (SSSR count). The first-order valence-electron chi connectivity index (χ1n) is 23.0. The molecule has 0 spiro atoms. The lowest BCUT2D eigenvalue weighted by atomic mass is 9.83. The molecule has 1 aliphatic carbocycles. The summed E-state index contributed by atoms with van der Waals surface area (Å²) in [6.07, 6.45) is 7.52. The van der Waals surface area contributed by atoms with E-state index < -0.39 is 17.7 Å². The lowest BCUT2D eigenvalue weighted by Gasteiger charge is -2.35. The van der Waals surface area contributed by atoms with Gasteiger partial charge < -0.3 is 39.2 Å². The van der Waals surface area contributed by atoms with Crippen LogP contribution in [0.5, 0.6) is 11.5 Å². The fourth-order valence-electron chi connectivity index (χ4n) is 8.69. The molecule has 3 fully saturated rings. The Morgan fingerprint density at radius 1 is 0.889 bits per heavy atom. The zero-order chi connectivity index (χ0) is 45.4. The third-order valence-corrected chi connectivity index (χ3v) is 11.9. The zero-order valence-corrected chi connectivity index (χ0v) is 38.4. The van der Waals surface area contributed by atoms with Crippen LogP contribution in [0, 0.1) is 5.92 Å². The lowest BCUT2D eigenvalue weighted by molar-refractivity contribution is -0.145. The van der Waals surface area contributed by atoms with Crippen molar-refractivity contribution in [2.75, 3.05) is 72.7 Å². The van der Waals surface area contributed by atoms with E-state index in [0.29, 0.717) is 56.5 Å². The van der Waals surface area contributed by atoms with Gasteiger partial charge in [-0.1, -0.05) is 31.4 Å². The molecule has 2 atom stereocenters. The number of nitrogens with one attached hydrogen (secondary N) is 2. The van der Waals surface area contributed by atoms with E-state index in [2.05, 4.69) is 15.5 Å². The molecular weight excluding hydrogens is 807 g/mol. The minimum atomic E-state index is -0.766. The van der Waals surface area contributed by atoms with Crippen LogP contribution in [-0.4, -0.2) is 135 Å². The summed E-state index contributed by atoms with van der Waals surface area (Å²) in [7, 11) is 1.58. The van der Waals surface area contributed by atoms with Gasteiger partial charge in [-0.3, -0.25) is 29.0 Å². The number of hydrogen-bond acceptors (Lipinski definition) is 11. The van der Waals surface area contributed by atoms with Crippen LogP contribution in [0.2, 0.25) is 0 Å². The van der Waals surface area contributed by atoms with Crippen LogP contribution in [-0.2, 0) is 35.1 Å². The van der Waals surface area contributed by atoms with Gasteiger partial charge in [0.2, 0.25) is 11.8 Å². The van der Waals surface area contributed by atoms with Crippen molar-refractivity contribution in [3.63, 3.8) is 0 Å². The number of hydrogen-bond donors (Lipinski definition) is 2. The Morgan fingerprint density at radius 2 is 1.65 bits per heavy atom. The van der Waals surface area contributed by atoms with Gasteiger partial charge in [0.15, 0.2) is 0 Å². The topological polar surface area (TPSA) is 165 Å². The Hall–Kier alpha value is -4.89. The number of carbonyl (C=O) groups is 5. The average Bonchev–Trinajstić information content (AvgIpc) is 3.27. The molecule has 15 heteroatoms. The molecule has 1 saturated carbocycles. The number of piperidine rings is 2. The van der Waals surface area contributed by atoms with Crippen molar-refractivity contribution in [1.29, 1.82) is 0 Å². The summed E-state index contributed by atoms with van der Waals surface area (Å²) >= 11 is 0. The molecule has 15 nitrogen and oxygen atoms in total. The van der Waals surface area contributed by atoms with Gasteiger partial charge >= 0.3 is 12.1 Å². The third-order valence-electron chi connectivity index (χ3n) is 11.9. The summed E-state index contributed by atoms with van der Waals surface area (Å²) < 4.78 is 28.2. The molecule has 4 amide bonds. The highest BCUT2D eigenvalue weighted by Gasteiger charge is 2.33. The second kappa shape index (κ2) is 24.2. The molecule has 3 aliphatic rings. The van der Waals surface area contributed by atoms with Crippen LogP contribution in [0.4, 0.5) is 4.79 Å². The first-order chi connectivity index (χ1) is 30.3. The molecule has 0 aromatic heterocycles. The molecule has 2 aliphatic heterocycles. The summed E-state index contributed by atoms with van der Waals surface area (Å²) in [6, 6.07) is 12.2. The second-order valence-electron chi connectivity index (χ2n) is 17.8. The maximum Gasteiger partial charge on any atom is 0.411 e. The largest absolute Gasteiger partial charge is 0.497 e. The number of ether oxygens (including phenoxy) is 5. The minimum absolute atomic E-state index is 0.0289. The Balaban J connectivity index is 1.18. The number of methoxy groups -OCH3 is 1. The molecular formula is C48H71N5O10. The van der Waals surface area contributed by atoms with Crippen molar-refractivity contribution in [1.82, 2.24) is 25.3 Å². The van der Waals surface area contributed by atoms with E-state index in [-0.39, 0.29) is 61.3 Å². The summed E-state index contributed by atoms with van der Waals surface area (Å²) in [5.74, 6) is 0.258. The van der Waals surface area contributed by atoms with Crippen LogP contribution >= 0.6 is 0 Å². The van der Waals surface area contributed by atoms with Gasteiger partial charge in [0.05, 0.1) is 46.1 Å². The van der Waals surface area contributed by atoms with E-state index in [0.717, 1.165) is 82.0 Å². The third kappa shape index (κ3) is 15.4. The molecule has 2 saturated heterocycles. The molecule has 2 heterocycles. The number of benzene rings is 2. The molecule has 0 radical (unpaired) electrons. The maximum atomic E-state index is 14.0. The van der Waals surface area contributed by atoms with Crippen molar-refractivity contribution >= 4 is 29.8 Å². The van der Waals surface area contributed by atoms with Crippen LogP contribution in [0.3, 0.4) is 0 Å². The van der Waals surface area contributed by atoms with Gasteiger partial charge in [0.25, 0.3) is 5.91 Å². The van der Waals surface area contributed by atoms with E-state index in [1.807, 2.05) is 31.2 Å². The predicted octanol–water partition coefficient (Wildman–Crippen LogP) is 6.08. The van der Waals surface area contributed by atoms with Crippen LogP contribution in [0.1, 0.15) is 120 Å². The number of esters is 1. The van der Waals surface area contributed by atoms with Crippen molar-refractivity contribution in [3.05, 3.63) is 59.2 Å². The van der Waals surface area contributed by atoms with Crippen molar-refractivity contribution in [2.24, 2.45) is 5.92 Å². The van der Waals surface area contributed by atoms with Gasteiger partial charge in [0.1, 0.15) is 29.7 Å². The first kappa shape index (κ1) is 49.1. The number of carbonyl (C=O) groups excluding carboxylic acids is 5. The minimum Gasteiger partial charge on any atom is -0.497 e. The fraction of sp³-hybridized carbons (Fsp3) is 0.646. The SMILES string of the molecule is CCOC(=O)CN1CCC(OCCNC(=O)[C@H](NC(=O)c2cccc(C3CCCN(C(=O)CN(Cc4ccc(OC)cc4OCC)C(=O)OC(C)(C)C)C3)c2)C2CCCCC2)CC1. The quantitative estimate of drug-likeness (QED) is 0.124. The van der Waals surface area contributed by atoms with Gasteiger partial charge in [-0.15, -0.1) is 0 Å². The summed E-state index contributed by atoms with van der Waals surface area (Å²) in [5, 5.41) is 6.13. The van der Waals surface area contributed by atoms with Crippen LogP contribution < -0.4 is 20.1 Å². The number of nitrogens with zero attached hydrogens (tertiary/aromatic N) is 3. The van der Waals surface area contributed by atoms with Crippen molar-refractivity contribution in [2.45, 2.75) is 123 Å². The standard InChI is InChI=1S/C48H71N5O10/c1-7-60-41-29-40(59-6)20-19-38(41)31-53(47(58)63-48(3,4)5)32-42(54)52-24-13-18-37(30-52)35-16-12-17-36(28-35)45(56)50-44(34-14-10-9-11-15-34)46(57)49-23-27-62-39-21-25-51(26-22-39)33-43(55)61-8-2/h12,16-17,19-20,28-29,34,37,39,44H,7-11,13-15,18,21-27,30-33H2,1-6H3,(H,49,57)(H,50,56)/t37?,44-/m1/s1. The highest BCUT2D eigenvalue weighted by atomic mass is 16.6. The van der Waals surface area contributed by atoms with E-state index in [4.69, 9.17) is 23.7 Å². The van der Waals surface area contributed by atoms with Gasteiger partial charge in [-0.25, -0.2) is 4.79 Å². The normalized spacial score (nSPS) is 18.2. The Morgan fingerprint density at radius 3 is 2.35 bits per heavy atom. The fourth-order valence-corrected chi connectivity index (χ4v) is 8.69. The van der Waals surface area contributed by atoms with E-state index in [1.165, 1.54) is 4.90 Å². The molecule has 2 aromatic carbocycles. The number of amides is 4. The Bertz CT molecular complexity index is 1820. The van der Waals surface area contributed by atoms with Gasteiger partial charge in [-0.05, 0) is 109 Å². The Labute approximate surface area is 373 Å². The van der Waals surface area contributed by atoms with Crippen molar-refractivity contribution in [3.8, 4) is 11.5 Å². The number of rotatable bonds is 19. The average molecular weight is 878 g/mol. The predicted molar refractivity (Wildman–Crippen MR) is 239 cm³/mol. The number of likely N-dealkylation sites (tertiary alicyclic amines) is 2. The smallest absolute Gasteiger partial charge is 0.411 e. The second-order valence-corrected chi connectivity index (χ2v) is 17.8. The van der Waals surface area contributed by atoms with Gasteiger partial charge in [0, 0.05) is 55.8 Å².